The number of rotatable bonds is 12. The van der Waals surface area contributed by atoms with Crippen LogP contribution in [0, 0.1) is 10.8 Å². The van der Waals surface area contributed by atoms with Crippen LogP contribution in [-0.4, -0.2) is 22.2 Å². The maximum Gasteiger partial charge on any atom is 0.309 e. The van der Waals surface area contributed by atoms with Gasteiger partial charge in [-0.3, -0.25) is 9.59 Å². The number of carboxylic acids is 2. The Kier molecular flexibility index (Phi) is 8.60. The lowest BCUT2D eigenvalue weighted by atomic mass is 9.72. The largest absolute Gasteiger partial charge is 0.481 e. The van der Waals surface area contributed by atoms with Crippen LogP contribution in [0.15, 0.2) is 0 Å². The van der Waals surface area contributed by atoms with Crippen molar-refractivity contribution < 1.29 is 19.8 Å². The molecular weight excluding hydrogens is 268 g/mol. The van der Waals surface area contributed by atoms with Crippen LogP contribution in [0.5, 0.6) is 0 Å². The molecule has 0 aliphatic heterocycles. The van der Waals surface area contributed by atoms with Crippen LogP contribution < -0.4 is 0 Å². The molecule has 0 aliphatic carbocycles. The molecule has 0 heterocycles. The Morgan fingerprint density at radius 2 is 1.24 bits per heavy atom. The molecule has 0 bridgehead atoms. The Bertz CT molecular complexity index is 332. The third-order valence-corrected chi connectivity index (χ3v) is 4.61. The summed E-state index contributed by atoms with van der Waals surface area (Å²) < 4.78 is 0. The van der Waals surface area contributed by atoms with Crippen LogP contribution in [0.2, 0.25) is 0 Å². The fraction of sp³-hybridized carbons (Fsp3) is 0.882. The zero-order chi connectivity index (χ0) is 16.5. The highest BCUT2D eigenvalue weighted by Gasteiger charge is 2.38. The maximum atomic E-state index is 11.7. The molecule has 4 nitrogen and oxygen atoms in total. The summed E-state index contributed by atoms with van der Waals surface area (Å²) in [6.45, 7) is 7.77. The van der Waals surface area contributed by atoms with E-state index in [4.69, 9.17) is 0 Å². The second kappa shape index (κ2) is 9.06. The molecule has 0 saturated carbocycles. The fourth-order valence-corrected chi connectivity index (χ4v) is 3.36. The average Bonchev–Trinajstić information content (AvgIpc) is 2.38. The van der Waals surface area contributed by atoms with Crippen molar-refractivity contribution in [3.05, 3.63) is 0 Å². The lowest BCUT2D eigenvalue weighted by molar-refractivity contribution is -0.151. The van der Waals surface area contributed by atoms with E-state index in [-0.39, 0.29) is 0 Å². The molecule has 124 valence electrons. The molecule has 0 amide bonds. The topological polar surface area (TPSA) is 74.6 Å². The van der Waals surface area contributed by atoms with Crippen molar-refractivity contribution in [2.75, 3.05) is 0 Å². The molecular formula is C17H32O4. The smallest absolute Gasteiger partial charge is 0.309 e. The Labute approximate surface area is 128 Å². The first-order chi connectivity index (χ1) is 9.78. The van der Waals surface area contributed by atoms with Crippen LogP contribution in [0.4, 0.5) is 0 Å². The van der Waals surface area contributed by atoms with E-state index < -0.39 is 22.8 Å². The molecule has 1 atom stereocenters. The van der Waals surface area contributed by atoms with Crippen molar-refractivity contribution in [3.63, 3.8) is 0 Å². The van der Waals surface area contributed by atoms with Gasteiger partial charge in [0.2, 0.25) is 0 Å². The van der Waals surface area contributed by atoms with E-state index in [1.807, 2.05) is 20.8 Å². The van der Waals surface area contributed by atoms with Gasteiger partial charge in [-0.2, -0.15) is 0 Å². The van der Waals surface area contributed by atoms with E-state index in [1.165, 1.54) is 0 Å². The molecule has 0 aromatic rings. The lowest BCUT2D eigenvalue weighted by Gasteiger charge is -2.31. The fourth-order valence-electron chi connectivity index (χ4n) is 3.36. The Morgan fingerprint density at radius 1 is 0.762 bits per heavy atom. The number of hydrogen-bond acceptors (Lipinski definition) is 2. The van der Waals surface area contributed by atoms with Crippen molar-refractivity contribution in [3.8, 4) is 0 Å². The van der Waals surface area contributed by atoms with Crippen molar-refractivity contribution in [1.82, 2.24) is 0 Å². The monoisotopic (exact) mass is 300 g/mol. The quantitative estimate of drug-likeness (QED) is 0.547. The molecule has 0 aromatic heterocycles. The Hall–Kier alpha value is -1.06. The molecule has 0 aromatic carbocycles. The standard InChI is InChI=1S/C17H32O4/c1-5-9-16(4,14(18)19)12-8-13-17(10-6-2,11-7-3)15(20)21/h5-13H2,1-4H3,(H,18,19)(H,20,21). The first-order valence-corrected chi connectivity index (χ1v) is 8.24. The molecule has 1 unspecified atom stereocenters. The molecule has 0 rings (SSSR count). The lowest BCUT2D eigenvalue weighted by Crippen LogP contribution is -2.32. The third-order valence-electron chi connectivity index (χ3n) is 4.61. The zero-order valence-corrected chi connectivity index (χ0v) is 14.1. The zero-order valence-electron chi connectivity index (χ0n) is 14.1. The van der Waals surface area contributed by atoms with Crippen molar-refractivity contribution >= 4 is 11.9 Å². The summed E-state index contributed by atoms with van der Waals surface area (Å²) in [5.41, 5.74) is -1.40. The molecule has 21 heavy (non-hydrogen) atoms. The van der Waals surface area contributed by atoms with Gasteiger partial charge in [0.1, 0.15) is 0 Å². The van der Waals surface area contributed by atoms with Gasteiger partial charge >= 0.3 is 11.9 Å². The first kappa shape index (κ1) is 19.9. The van der Waals surface area contributed by atoms with Crippen molar-refractivity contribution in [2.24, 2.45) is 10.8 Å². The molecule has 0 spiro atoms. The summed E-state index contributed by atoms with van der Waals surface area (Å²) in [5, 5.41) is 19.0. The first-order valence-electron chi connectivity index (χ1n) is 8.24. The van der Waals surface area contributed by atoms with E-state index in [0.717, 1.165) is 19.3 Å². The van der Waals surface area contributed by atoms with Gasteiger partial charge < -0.3 is 10.2 Å². The highest BCUT2D eigenvalue weighted by atomic mass is 16.4. The molecule has 0 aliphatic rings. The predicted octanol–water partition coefficient (Wildman–Crippen LogP) is 4.72. The van der Waals surface area contributed by atoms with E-state index in [2.05, 4.69) is 0 Å². The minimum Gasteiger partial charge on any atom is -0.481 e. The SMILES string of the molecule is CCCC(C)(CCCC(CCC)(CCC)C(=O)O)C(=O)O. The van der Waals surface area contributed by atoms with E-state index in [9.17, 15) is 19.8 Å². The van der Waals surface area contributed by atoms with Gasteiger partial charge in [0.05, 0.1) is 10.8 Å². The van der Waals surface area contributed by atoms with Gasteiger partial charge in [0.25, 0.3) is 0 Å². The van der Waals surface area contributed by atoms with Crippen LogP contribution in [0.1, 0.15) is 85.5 Å². The minimum atomic E-state index is -0.767. The van der Waals surface area contributed by atoms with Gasteiger partial charge in [0.15, 0.2) is 0 Å². The van der Waals surface area contributed by atoms with Crippen LogP contribution >= 0.6 is 0 Å². The molecule has 0 fully saturated rings. The summed E-state index contributed by atoms with van der Waals surface area (Å²) >= 11 is 0. The maximum absolute atomic E-state index is 11.7. The van der Waals surface area contributed by atoms with Gasteiger partial charge in [-0.1, -0.05) is 46.5 Å². The number of aliphatic carboxylic acids is 2. The second-order valence-corrected chi connectivity index (χ2v) is 6.55. The van der Waals surface area contributed by atoms with Crippen molar-refractivity contribution in [2.45, 2.75) is 85.5 Å². The Balaban J connectivity index is 4.82. The van der Waals surface area contributed by atoms with E-state index in [1.54, 1.807) is 6.92 Å². The van der Waals surface area contributed by atoms with Gasteiger partial charge in [0, 0.05) is 0 Å². The average molecular weight is 300 g/mol. The molecule has 2 N–H and O–H groups in total. The molecule has 4 heteroatoms. The minimum absolute atomic E-state index is 0.554. The van der Waals surface area contributed by atoms with Gasteiger partial charge in [-0.25, -0.2) is 0 Å². The summed E-state index contributed by atoms with van der Waals surface area (Å²) in [7, 11) is 0. The van der Waals surface area contributed by atoms with E-state index in [0.29, 0.717) is 38.5 Å². The molecule has 0 saturated heterocycles. The number of hydrogen-bond donors (Lipinski definition) is 2. The summed E-state index contributed by atoms with van der Waals surface area (Å²) in [4.78, 5) is 23.1. The summed E-state index contributed by atoms with van der Waals surface area (Å²) in [6.07, 6.45) is 6.31. The summed E-state index contributed by atoms with van der Waals surface area (Å²) in [6, 6.07) is 0. The predicted molar refractivity (Wildman–Crippen MR) is 84.4 cm³/mol. The second-order valence-electron chi connectivity index (χ2n) is 6.55. The normalized spacial score (nSPS) is 14.7. The Morgan fingerprint density at radius 3 is 1.57 bits per heavy atom. The van der Waals surface area contributed by atoms with E-state index >= 15 is 0 Å². The third kappa shape index (κ3) is 5.68. The van der Waals surface area contributed by atoms with Crippen LogP contribution in [0.25, 0.3) is 0 Å². The van der Waals surface area contributed by atoms with Crippen LogP contribution in [0.3, 0.4) is 0 Å². The van der Waals surface area contributed by atoms with Crippen molar-refractivity contribution in [1.29, 1.82) is 0 Å². The molecule has 0 radical (unpaired) electrons. The van der Waals surface area contributed by atoms with Gasteiger partial charge in [-0.05, 0) is 39.0 Å². The highest BCUT2D eigenvalue weighted by Crippen LogP contribution is 2.39. The number of carbonyl (C=O) groups is 2. The summed E-state index contributed by atoms with van der Waals surface area (Å²) in [5.74, 6) is -1.49. The highest BCUT2D eigenvalue weighted by molar-refractivity contribution is 5.75. The van der Waals surface area contributed by atoms with Gasteiger partial charge in [-0.15, -0.1) is 0 Å². The van der Waals surface area contributed by atoms with Crippen LogP contribution in [-0.2, 0) is 9.59 Å². The number of carboxylic acid groups (broad SMARTS) is 2.